The first-order chi connectivity index (χ1) is 19.7. The van der Waals surface area contributed by atoms with E-state index >= 15 is 0 Å². The zero-order valence-corrected chi connectivity index (χ0v) is 25.3. The molecular weight excluding hydrogens is 530 g/mol. The van der Waals surface area contributed by atoms with E-state index in [-0.39, 0.29) is 16.8 Å². The highest BCUT2D eigenvalue weighted by Crippen LogP contribution is 2.32. The van der Waals surface area contributed by atoms with E-state index in [1.165, 1.54) is 48.0 Å². The monoisotopic (exact) mass is 569 g/mol. The Morgan fingerprint density at radius 1 is 1.02 bits per heavy atom. The van der Waals surface area contributed by atoms with Gasteiger partial charge in [0.1, 0.15) is 17.4 Å². The van der Waals surface area contributed by atoms with E-state index in [9.17, 15) is 4.79 Å². The molecule has 0 saturated carbocycles. The first-order valence-corrected chi connectivity index (χ1v) is 15.4. The molecule has 3 heterocycles. The second-order valence-corrected chi connectivity index (χ2v) is 12.6. The molecule has 1 N–H and O–H groups in total. The molecule has 2 aromatic carbocycles. The van der Waals surface area contributed by atoms with Crippen LogP contribution in [0.25, 0.3) is 17.0 Å². The molecule has 1 amide bonds. The third kappa shape index (κ3) is 6.64. The number of aliphatic imine (C=N–C) groups is 1. The fourth-order valence-corrected chi connectivity index (χ4v) is 5.98. The summed E-state index contributed by atoms with van der Waals surface area (Å²) in [7, 11) is 0. The fraction of sp³-hybridized carbons (Fsp3) is 0.394. The van der Waals surface area contributed by atoms with Gasteiger partial charge in [0, 0.05) is 22.7 Å². The van der Waals surface area contributed by atoms with Crippen molar-refractivity contribution in [3.63, 3.8) is 0 Å². The van der Waals surface area contributed by atoms with E-state index in [0.717, 1.165) is 40.1 Å². The minimum Gasteiger partial charge on any atom is -0.492 e. The molecule has 7 nitrogen and oxygen atoms in total. The quantitative estimate of drug-likeness (QED) is 0.187. The van der Waals surface area contributed by atoms with Crippen molar-refractivity contribution in [3.05, 3.63) is 71.4 Å². The lowest BCUT2D eigenvalue weighted by Crippen LogP contribution is -2.35. The summed E-state index contributed by atoms with van der Waals surface area (Å²) in [5.74, 6) is 0.524. The summed E-state index contributed by atoms with van der Waals surface area (Å²) >= 11 is 1.41. The number of benzene rings is 2. The normalized spacial score (nSPS) is 16.4. The lowest BCUT2D eigenvalue weighted by atomic mass is 9.87. The van der Waals surface area contributed by atoms with E-state index in [0.29, 0.717) is 18.3 Å². The first kappa shape index (κ1) is 28.9. The average Bonchev–Trinajstić information content (AvgIpc) is 3.52. The van der Waals surface area contributed by atoms with Crippen LogP contribution in [0.2, 0.25) is 0 Å². The Hall–Kier alpha value is -3.65. The Kier molecular flexibility index (Phi) is 8.78. The number of carbonyl (C=O) groups excluding carboxylic acids is 1. The van der Waals surface area contributed by atoms with Crippen molar-refractivity contribution < 1.29 is 9.53 Å². The smallest absolute Gasteiger partial charge is 0.283 e. The van der Waals surface area contributed by atoms with Crippen LogP contribution in [0.15, 0.2) is 70.4 Å². The lowest BCUT2D eigenvalue weighted by Gasteiger charge is -2.20. The highest BCUT2D eigenvalue weighted by Gasteiger charge is 2.35. The number of ether oxygens (including phenoxy) is 1. The van der Waals surface area contributed by atoms with E-state index in [1.807, 2.05) is 36.5 Å². The number of amidine groups is 2. The first-order valence-electron chi connectivity index (χ1n) is 14.5. The van der Waals surface area contributed by atoms with Gasteiger partial charge >= 0.3 is 0 Å². The second-order valence-electron chi connectivity index (χ2n) is 11.6. The third-order valence-electron chi connectivity index (χ3n) is 7.43. The Morgan fingerprint density at radius 2 is 1.78 bits per heavy atom. The standard InChI is InChI=1S/C33H39N5O2S/c1-5-6-7-8-9-14-29-36-38-30(34)27(31(39)35-32(38)41-29)21-23-22-37(28-13-11-10-12-26(23)28)19-20-40-25-17-15-24(16-18-25)33(2,3)4/h10-13,15-18,21-22,34H,5-9,14,19-20H2,1-4H3. The van der Waals surface area contributed by atoms with Crippen molar-refractivity contribution in [2.45, 2.75) is 78.2 Å². The van der Waals surface area contributed by atoms with Gasteiger partial charge in [-0.1, -0.05) is 83.7 Å². The van der Waals surface area contributed by atoms with Crippen molar-refractivity contribution in [2.75, 3.05) is 6.61 Å². The molecule has 0 spiro atoms. The predicted octanol–water partition coefficient (Wildman–Crippen LogP) is 8.00. The van der Waals surface area contributed by atoms with Crippen LogP contribution >= 0.6 is 11.8 Å². The molecule has 3 aromatic rings. The van der Waals surface area contributed by atoms with Crippen LogP contribution in [0.1, 0.15) is 77.3 Å². The molecule has 2 aliphatic rings. The SMILES string of the molecule is CCCCCCCC1=NN2C(=N)C(=Cc3cn(CCOc4ccc(C(C)(C)C)cc4)c4ccccc34)C(=O)N=C2S1. The zero-order valence-electron chi connectivity index (χ0n) is 24.4. The molecule has 8 heteroatoms. The van der Waals surface area contributed by atoms with Crippen molar-refractivity contribution in [2.24, 2.45) is 10.1 Å². The molecule has 0 unspecified atom stereocenters. The summed E-state index contributed by atoms with van der Waals surface area (Å²) in [5, 5.41) is 17.4. The Bertz CT molecular complexity index is 1530. The number of para-hydroxylation sites is 1. The van der Waals surface area contributed by atoms with Crippen LogP contribution in [0.3, 0.4) is 0 Å². The third-order valence-corrected chi connectivity index (χ3v) is 8.40. The number of carbonyl (C=O) groups is 1. The Morgan fingerprint density at radius 3 is 2.54 bits per heavy atom. The molecule has 1 aromatic heterocycles. The molecule has 0 atom stereocenters. The van der Waals surface area contributed by atoms with Gasteiger partial charge in [-0.05, 0) is 59.9 Å². The number of nitrogens with one attached hydrogen (secondary N) is 1. The fourth-order valence-electron chi connectivity index (χ4n) is 5.06. The Balaban J connectivity index is 1.30. The van der Waals surface area contributed by atoms with E-state index in [2.05, 4.69) is 60.6 Å². The van der Waals surface area contributed by atoms with Gasteiger partial charge in [-0.3, -0.25) is 10.2 Å². The van der Waals surface area contributed by atoms with Gasteiger partial charge in [-0.25, -0.2) is 0 Å². The minimum absolute atomic E-state index is 0.0763. The molecule has 0 bridgehead atoms. The number of rotatable bonds is 11. The summed E-state index contributed by atoms with van der Waals surface area (Å²) in [5.41, 5.74) is 3.54. The average molecular weight is 570 g/mol. The highest BCUT2D eigenvalue weighted by molar-refractivity contribution is 8.26. The van der Waals surface area contributed by atoms with Crippen molar-refractivity contribution in [3.8, 4) is 5.75 Å². The predicted molar refractivity (Wildman–Crippen MR) is 171 cm³/mol. The van der Waals surface area contributed by atoms with E-state index in [1.54, 1.807) is 6.08 Å². The summed E-state index contributed by atoms with van der Waals surface area (Å²) in [6, 6.07) is 16.4. The van der Waals surface area contributed by atoms with Gasteiger partial charge in [0.15, 0.2) is 5.84 Å². The summed E-state index contributed by atoms with van der Waals surface area (Å²) in [6.45, 7) is 9.96. The number of unbranched alkanes of at least 4 members (excludes halogenated alkanes) is 4. The van der Waals surface area contributed by atoms with Crippen LogP contribution in [0.4, 0.5) is 0 Å². The number of hydrogen-bond donors (Lipinski definition) is 1. The summed E-state index contributed by atoms with van der Waals surface area (Å²) in [4.78, 5) is 17.3. The van der Waals surface area contributed by atoms with Crippen LogP contribution in [0, 0.1) is 5.41 Å². The van der Waals surface area contributed by atoms with Crippen molar-refractivity contribution >= 4 is 50.7 Å². The van der Waals surface area contributed by atoms with Crippen molar-refractivity contribution in [1.82, 2.24) is 9.58 Å². The molecule has 41 heavy (non-hydrogen) atoms. The maximum atomic E-state index is 13.0. The van der Waals surface area contributed by atoms with Crippen LogP contribution in [0.5, 0.6) is 5.75 Å². The lowest BCUT2D eigenvalue weighted by molar-refractivity contribution is -0.114. The number of thioether (sulfide) groups is 1. The minimum atomic E-state index is -0.396. The molecule has 0 radical (unpaired) electrons. The maximum absolute atomic E-state index is 13.0. The molecular formula is C33H39N5O2S. The summed E-state index contributed by atoms with van der Waals surface area (Å²) in [6.07, 6.45) is 10.6. The summed E-state index contributed by atoms with van der Waals surface area (Å²) < 4.78 is 8.19. The van der Waals surface area contributed by atoms with Gasteiger partial charge in [0.05, 0.1) is 12.1 Å². The van der Waals surface area contributed by atoms with Gasteiger partial charge < -0.3 is 9.30 Å². The van der Waals surface area contributed by atoms with Gasteiger partial charge in [0.25, 0.3) is 5.91 Å². The molecule has 5 rings (SSSR count). The maximum Gasteiger partial charge on any atom is 0.283 e. The number of fused-ring (bicyclic) bond motifs is 2. The number of nitrogens with zero attached hydrogens (tertiary/aromatic N) is 4. The number of amides is 1. The van der Waals surface area contributed by atoms with Gasteiger partial charge in [-0.15, -0.1) is 0 Å². The van der Waals surface area contributed by atoms with Crippen LogP contribution in [-0.4, -0.2) is 38.1 Å². The molecule has 214 valence electrons. The molecule has 0 aliphatic carbocycles. The number of aromatic nitrogens is 1. The highest BCUT2D eigenvalue weighted by atomic mass is 32.2. The topological polar surface area (TPSA) is 83.0 Å². The van der Waals surface area contributed by atoms with E-state index in [4.69, 9.17) is 10.1 Å². The number of hydrazone groups is 1. The Labute approximate surface area is 246 Å². The number of hydrogen-bond acceptors (Lipinski definition) is 5. The molecule has 0 fully saturated rings. The second kappa shape index (κ2) is 12.5. The van der Waals surface area contributed by atoms with Crippen LogP contribution < -0.4 is 4.74 Å². The van der Waals surface area contributed by atoms with Gasteiger partial charge in [-0.2, -0.15) is 15.1 Å². The van der Waals surface area contributed by atoms with Gasteiger partial charge in [0.2, 0.25) is 5.17 Å². The van der Waals surface area contributed by atoms with Crippen molar-refractivity contribution in [1.29, 1.82) is 5.41 Å². The van der Waals surface area contributed by atoms with E-state index < -0.39 is 5.91 Å². The largest absolute Gasteiger partial charge is 0.492 e. The molecule has 0 saturated heterocycles. The zero-order chi connectivity index (χ0) is 29.0. The molecule has 2 aliphatic heterocycles. The van der Waals surface area contributed by atoms with Crippen LogP contribution in [-0.2, 0) is 16.8 Å².